The lowest BCUT2D eigenvalue weighted by Crippen LogP contribution is -2.39. The summed E-state index contributed by atoms with van der Waals surface area (Å²) in [5.41, 5.74) is 0. The number of aliphatic imine (C=N–C) groups is 1. The number of unbranched alkanes of at least 4 members (excludes halogenated alkanes) is 1. The van der Waals surface area contributed by atoms with E-state index in [9.17, 15) is 0 Å². The van der Waals surface area contributed by atoms with Gasteiger partial charge in [0.25, 0.3) is 0 Å². The molecule has 0 spiro atoms. The summed E-state index contributed by atoms with van der Waals surface area (Å²) in [4.78, 5) is 4.20. The molecule has 0 amide bonds. The minimum atomic E-state index is 0.330. The van der Waals surface area contributed by atoms with E-state index in [-0.39, 0.29) is 0 Å². The zero-order chi connectivity index (χ0) is 13.8. The van der Waals surface area contributed by atoms with Crippen molar-refractivity contribution in [3.05, 3.63) is 0 Å². The minimum absolute atomic E-state index is 0.330. The van der Waals surface area contributed by atoms with E-state index in [4.69, 9.17) is 4.74 Å². The maximum Gasteiger partial charge on any atom is 0.190 e. The predicted molar refractivity (Wildman–Crippen MR) is 79.1 cm³/mol. The SMILES string of the molecule is CCCCNC(=NC)NCCC(OCC)C(C)C. The fourth-order valence-electron chi connectivity index (χ4n) is 1.76. The van der Waals surface area contributed by atoms with Crippen molar-refractivity contribution in [3.63, 3.8) is 0 Å². The first-order chi connectivity index (χ1) is 8.65. The number of hydrogen-bond acceptors (Lipinski definition) is 2. The molecule has 0 radical (unpaired) electrons. The van der Waals surface area contributed by atoms with Crippen molar-refractivity contribution in [2.24, 2.45) is 10.9 Å². The summed E-state index contributed by atoms with van der Waals surface area (Å²) in [6, 6.07) is 0. The van der Waals surface area contributed by atoms with Crippen LogP contribution in [0.4, 0.5) is 0 Å². The molecule has 0 aromatic heterocycles. The second kappa shape index (κ2) is 11.3. The summed E-state index contributed by atoms with van der Waals surface area (Å²) < 4.78 is 5.72. The van der Waals surface area contributed by atoms with Gasteiger partial charge in [0.1, 0.15) is 0 Å². The monoisotopic (exact) mass is 257 g/mol. The average molecular weight is 257 g/mol. The first-order valence-corrected chi connectivity index (χ1v) is 7.21. The van der Waals surface area contributed by atoms with Gasteiger partial charge in [-0.2, -0.15) is 0 Å². The Hall–Kier alpha value is -0.770. The third-order valence-electron chi connectivity index (χ3n) is 2.89. The molecule has 0 saturated heterocycles. The topological polar surface area (TPSA) is 45.7 Å². The van der Waals surface area contributed by atoms with E-state index in [0.29, 0.717) is 12.0 Å². The van der Waals surface area contributed by atoms with Gasteiger partial charge in [-0.05, 0) is 25.7 Å². The second-order valence-corrected chi connectivity index (χ2v) is 4.81. The van der Waals surface area contributed by atoms with Crippen molar-refractivity contribution in [2.75, 3.05) is 26.7 Å². The van der Waals surface area contributed by atoms with Gasteiger partial charge in [0.15, 0.2) is 5.96 Å². The van der Waals surface area contributed by atoms with E-state index in [1.165, 1.54) is 12.8 Å². The van der Waals surface area contributed by atoms with Crippen LogP contribution in [0.3, 0.4) is 0 Å². The highest BCUT2D eigenvalue weighted by Gasteiger charge is 2.12. The van der Waals surface area contributed by atoms with Crippen LogP contribution in [0.5, 0.6) is 0 Å². The lowest BCUT2D eigenvalue weighted by Gasteiger charge is -2.21. The molecule has 0 rings (SSSR count). The molecule has 1 unspecified atom stereocenters. The highest BCUT2D eigenvalue weighted by atomic mass is 16.5. The van der Waals surface area contributed by atoms with E-state index >= 15 is 0 Å². The predicted octanol–water partition coefficient (Wildman–Crippen LogP) is 2.40. The summed E-state index contributed by atoms with van der Waals surface area (Å²) in [5.74, 6) is 1.45. The molecule has 0 fully saturated rings. The molecule has 108 valence electrons. The minimum Gasteiger partial charge on any atom is -0.378 e. The average Bonchev–Trinajstić information content (AvgIpc) is 2.35. The summed E-state index contributed by atoms with van der Waals surface area (Å²) in [6.45, 7) is 11.3. The van der Waals surface area contributed by atoms with Gasteiger partial charge in [-0.3, -0.25) is 4.99 Å². The van der Waals surface area contributed by atoms with Crippen molar-refractivity contribution < 1.29 is 4.74 Å². The molecule has 0 heterocycles. The zero-order valence-electron chi connectivity index (χ0n) is 12.8. The van der Waals surface area contributed by atoms with Crippen LogP contribution in [0.2, 0.25) is 0 Å². The van der Waals surface area contributed by atoms with Crippen molar-refractivity contribution >= 4 is 5.96 Å². The van der Waals surface area contributed by atoms with Gasteiger partial charge >= 0.3 is 0 Å². The Kier molecular flexibility index (Phi) is 10.8. The van der Waals surface area contributed by atoms with Crippen molar-refractivity contribution in [1.29, 1.82) is 0 Å². The first-order valence-electron chi connectivity index (χ1n) is 7.21. The van der Waals surface area contributed by atoms with Gasteiger partial charge in [0.05, 0.1) is 6.10 Å². The van der Waals surface area contributed by atoms with E-state index in [0.717, 1.165) is 32.1 Å². The van der Waals surface area contributed by atoms with Gasteiger partial charge in [-0.25, -0.2) is 0 Å². The van der Waals surface area contributed by atoms with Crippen LogP contribution in [0.25, 0.3) is 0 Å². The lowest BCUT2D eigenvalue weighted by molar-refractivity contribution is 0.0258. The maximum atomic E-state index is 5.72. The van der Waals surface area contributed by atoms with Crippen LogP contribution in [-0.4, -0.2) is 38.8 Å². The van der Waals surface area contributed by atoms with Crippen LogP contribution < -0.4 is 10.6 Å². The standard InChI is InChI=1S/C14H31N3O/c1-6-8-10-16-14(15-5)17-11-9-13(12(3)4)18-7-2/h12-13H,6-11H2,1-5H3,(H2,15,16,17). The van der Waals surface area contributed by atoms with Crippen molar-refractivity contribution in [3.8, 4) is 0 Å². The van der Waals surface area contributed by atoms with Gasteiger partial charge in [-0.1, -0.05) is 27.2 Å². The van der Waals surface area contributed by atoms with Crippen LogP contribution >= 0.6 is 0 Å². The Morgan fingerprint density at radius 1 is 1.17 bits per heavy atom. The first kappa shape index (κ1) is 17.2. The quantitative estimate of drug-likeness (QED) is 0.379. The number of nitrogens with one attached hydrogen (secondary N) is 2. The zero-order valence-corrected chi connectivity index (χ0v) is 12.8. The highest BCUT2D eigenvalue weighted by molar-refractivity contribution is 5.79. The summed E-state index contributed by atoms with van der Waals surface area (Å²) in [7, 11) is 1.81. The summed E-state index contributed by atoms with van der Waals surface area (Å²) in [5, 5.41) is 6.63. The Balaban J connectivity index is 3.84. The van der Waals surface area contributed by atoms with Gasteiger partial charge in [0.2, 0.25) is 0 Å². The number of rotatable bonds is 9. The Morgan fingerprint density at radius 2 is 1.83 bits per heavy atom. The van der Waals surface area contributed by atoms with Crippen molar-refractivity contribution in [1.82, 2.24) is 10.6 Å². The second-order valence-electron chi connectivity index (χ2n) is 4.81. The fraction of sp³-hybridized carbons (Fsp3) is 0.929. The maximum absolute atomic E-state index is 5.72. The molecule has 1 atom stereocenters. The van der Waals surface area contributed by atoms with Crippen LogP contribution in [-0.2, 0) is 4.74 Å². The van der Waals surface area contributed by atoms with Gasteiger partial charge in [0, 0.05) is 26.7 Å². The Bertz CT molecular complexity index is 217. The fourth-order valence-corrected chi connectivity index (χ4v) is 1.76. The molecule has 0 bridgehead atoms. The smallest absolute Gasteiger partial charge is 0.190 e. The van der Waals surface area contributed by atoms with E-state index in [1.54, 1.807) is 0 Å². The highest BCUT2D eigenvalue weighted by Crippen LogP contribution is 2.09. The molecule has 18 heavy (non-hydrogen) atoms. The van der Waals surface area contributed by atoms with Crippen LogP contribution in [0.1, 0.15) is 47.0 Å². The Morgan fingerprint density at radius 3 is 2.33 bits per heavy atom. The Labute approximate surface area is 113 Å². The molecule has 4 nitrogen and oxygen atoms in total. The molecule has 0 aromatic carbocycles. The largest absolute Gasteiger partial charge is 0.378 e. The van der Waals surface area contributed by atoms with E-state index < -0.39 is 0 Å². The van der Waals surface area contributed by atoms with Gasteiger partial charge < -0.3 is 15.4 Å². The molecule has 0 saturated carbocycles. The van der Waals surface area contributed by atoms with E-state index in [2.05, 4.69) is 36.4 Å². The van der Waals surface area contributed by atoms with Crippen molar-refractivity contribution in [2.45, 2.75) is 53.1 Å². The normalized spacial score (nSPS) is 13.8. The molecule has 0 aliphatic rings. The molecule has 0 aliphatic carbocycles. The summed E-state index contributed by atoms with van der Waals surface area (Å²) >= 11 is 0. The van der Waals surface area contributed by atoms with Gasteiger partial charge in [-0.15, -0.1) is 0 Å². The molecule has 0 aromatic rings. The van der Waals surface area contributed by atoms with Crippen LogP contribution in [0.15, 0.2) is 4.99 Å². The third kappa shape index (κ3) is 8.34. The molecule has 0 aliphatic heterocycles. The number of nitrogens with zero attached hydrogens (tertiary/aromatic N) is 1. The molecular formula is C14H31N3O. The lowest BCUT2D eigenvalue weighted by atomic mass is 10.0. The molecule has 4 heteroatoms. The molecule has 2 N–H and O–H groups in total. The number of guanidine groups is 1. The van der Waals surface area contributed by atoms with E-state index in [1.807, 2.05) is 14.0 Å². The number of hydrogen-bond donors (Lipinski definition) is 2. The van der Waals surface area contributed by atoms with Crippen LogP contribution in [0, 0.1) is 5.92 Å². The third-order valence-corrected chi connectivity index (χ3v) is 2.89. The number of ether oxygens (including phenoxy) is 1. The molecular weight excluding hydrogens is 226 g/mol. The summed E-state index contributed by atoms with van der Waals surface area (Å²) in [6.07, 6.45) is 3.72.